The first-order valence-electron chi connectivity index (χ1n) is 32.6. The van der Waals surface area contributed by atoms with Crippen LogP contribution in [-0.2, 0) is 33.5 Å². The number of nitrogens with two attached hydrogens (primary N) is 3. The molecule has 0 radical (unpaired) electrons. The number of aromatic hydroxyl groups is 6. The van der Waals surface area contributed by atoms with Crippen molar-refractivity contribution in [3.05, 3.63) is 224 Å². The predicted octanol–water partition coefficient (Wildman–Crippen LogP) is 17.8. The van der Waals surface area contributed by atoms with Gasteiger partial charge in [-0.05, 0) is 167 Å². The lowest BCUT2D eigenvalue weighted by Gasteiger charge is -2.06. The Morgan fingerprint density at radius 3 is 1.00 bits per heavy atom. The first kappa shape index (κ1) is 136. The number of nitrogen functional groups attached to an aromatic ring is 3. The van der Waals surface area contributed by atoms with E-state index in [1.54, 1.807) is 80.9 Å². The van der Waals surface area contributed by atoms with Gasteiger partial charge < -0.3 is 88.3 Å². The molecule has 8 aromatic rings. The maximum atomic E-state index is 11.2. The van der Waals surface area contributed by atoms with Gasteiger partial charge in [-0.2, -0.15) is 0 Å². The smallest absolute Gasteiger partial charge is 0.507 e. The third kappa shape index (κ3) is 61.2. The first-order chi connectivity index (χ1) is 55.4. The van der Waals surface area contributed by atoms with Crippen LogP contribution < -0.4 is 42.6 Å². The van der Waals surface area contributed by atoms with Crippen molar-refractivity contribution >= 4 is 191 Å². The number of benzene rings is 8. The van der Waals surface area contributed by atoms with E-state index in [9.17, 15) is 114 Å². The molecule has 41 nitrogen and oxygen atoms in total. The van der Waals surface area contributed by atoms with E-state index in [4.69, 9.17) is 82.0 Å². The van der Waals surface area contributed by atoms with Crippen LogP contribution >= 0.6 is 58.5 Å². The highest BCUT2D eigenvalue weighted by Gasteiger charge is 2.23. The van der Waals surface area contributed by atoms with E-state index >= 15 is 0 Å². The van der Waals surface area contributed by atoms with Gasteiger partial charge in [0.05, 0.1) is 72.5 Å². The Balaban J connectivity index is -0.000000130. The van der Waals surface area contributed by atoms with Gasteiger partial charge in [0.25, 0.3) is 11.1 Å². The van der Waals surface area contributed by atoms with Crippen molar-refractivity contribution in [1.29, 1.82) is 0 Å². The molecule has 3 amide bonds. The lowest BCUT2D eigenvalue weighted by atomic mass is 10.1. The zero-order valence-electron chi connectivity index (χ0n) is 66.3. The second-order valence-corrected chi connectivity index (χ2v) is 29.6. The lowest BCUT2D eigenvalue weighted by Crippen LogP contribution is -2.07. The number of nitro benzene ring substituents is 3. The number of amides is 3. The number of nitrogens with zero attached hydrogens (tertiary/aromatic N) is 4. The first-order valence-corrected chi connectivity index (χ1v) is 38.6. The van der Waals surface area contributed by atoms with Crippen LogP contribution in [0.3, 0.4) is 0 Å². The molecule has 8 rings (SSSR count). The summed E-state index contributed by atoms with van der Waals surface area (Å²) in [6, 6.07) is 36.7. The fourth-order valence-electron chi connectivity index (χ4n) is 7.74. The summed E-state index contributed by atoms with van der Waals surface area (Å²) in [5.74, 6) is -5.12. The van der Waals surface area contributed by atoms with Crippen LogP contribution in [0.2, 0.25) is 0 Å². The van der Waals surface area contributed by atoms with Crippen molar-refractivity contribution in [2.45, 2.75) is 128 Å². The number of carboxylic acids is 1. The van der Waals surface area contributed by atoms with Crippen LogP contribution in [0.1, 0.15) is 190 Å². The largest absolute Gasteiger partial charge is 0.643 e. The molecule has 0 spiro atoms. The second kappa shape index (κ2) is 71.6. The van der Waals surface area contributed by atoms with Gasteiger partial charge >= 0.3 is 40.4 Å². The van der Waals surface area contributed by atoms with Crippen LogP contribution in [0.5, 0.6) is 46.0 Å². The number of rotatable bonds is 14. The summed E-state index contributed by atoms with van der Waals surface area (Å²) in [6.07, 6.45) is 0. The topological polar surface area (TPSA) is 681 Å². The monoisotopic (exact) mass is 1950 g/mol. The molecule has 702 valence electrons. The van der Waals surface area contributed by atoms with Gasteiger partial charge in [-0.25, -0.2) is 30.1 Å². The fourth-order valence-corrected chi connectivity index (χ4v) is 8.11. The number of phenols is 6. The molecule has 0 saturated heterocycles. The molecular weight excluding hydrogens is 1850 g/mol. The van der Waals surface area contributed by atoms with Crippen LogP contribution in [0.15, 0.2) is 150 Å². The van der Waals surface area contributed by atoms with E-state index in [2.05, 4.69) is 36.6 Å². The van der Waals surface area contributed by atoms with Crippen molar-refractivity contribution in [3.8, 4) is 46.0 Å². The van der Waals surface area contributed by atoms with Crippen molar-refractivity contribution < 1.29 is 133 Å². The van der Waals surface area contributed by atoms with E-state index < -0.39 is 107 Å². The van der Waals surface area contributed by atoms with Crippen molar-refractivity contribution in [1.82, 2.24) is 0 Å². The second-order valence-electron chi connectivity index (χ2n) is 22.4. The summed E-state index contributed by atoms with van der Waals surface area (Å²) in [6.45, 7) is 15.3. The molecule has 0 bridgehead atoms. The summed E-state index contributed by atoms with van der Waals surface area (Å²) < 4.78 is 14.4. The van der Waals surface area contributed by atoms with Crippen molar-refractivity contribution in [2.24, 2.45) is 0 Å². The minimum Gasteiger partial charge on any atom is -0.507 e. The number of methoxy groups -OCH3 is 2. The SMILES string of the molecule is C.C.C.C.C.C.CC(=O)Nc1cc(C(C)=O)c(O)c([N+](=O)[O-])c1.CC(=O)Nc1ccc(O)c(C(C)=O)c1.CC(=O)O.CC(=O)OC(C)=O.CC(=O)c1cc(N)cc([N+](=O)[O-])c1O.CC(=O)c1cccc(Br)c1O.CC(=O)c1cccc(N)c1O.CC(=O)c1cccc([N+](=O)[O-])c1O.COc1ccc(N)cc1.COc1ccc(NC(C)=O)cc1.Cl.O=[N+]([O-])O.[Cl][Al]([Cl])[Cl]. The number of carbonyl (C=O) groups is 12. The van der Waals surface area contributed by atoms with Gasteiger partial charge in [0.1, 0.15) is 28.7 Å². The molecule has 17 N–H and O–H groups in total. The Morgan fingerprint density at radius 1 is 0.386 bits per heavy atom. The number of nitro groups is 3. The molecule has 0 aliphatic rings. The van der Waals surface area contributed by atoms with Gasteiger partial charge in [0.15, 0.2) is 34.7 Å². The van der Waals surface area contributed by atoms with E-state index in [1.165, 1.54) is 118 Å². The Kier molecular flexibility index (Phi) is 76.9. The molecule has 0 aromatic heterocycles. The van der Waals surface area contributed by atoms with Crippen LogP contribution in [0.25, 0.3) is 0 Å². The standard InChI is InChI=1S/C10H10N2O5.C10H11NO3.C9H11NO2.C8H7BrO2.C8H8N2O4.C8H7NO4.C8H9NO2.C7H9NO.C4H6O3.C2H4O2.6CH4.Al.4ClH.HNO3/c1-5(13)8-3-7(11-6(2)14)4-9(10(8)15)12(16)17;1-6(12)9-5-8(11-7(2)13)3-4-10(9)14;1-7(11)10-8-3-5-9(12-2)6-4-8;1-5(10)6-3-2-4-7(9)8(6)11;1-4(11)6-2-5(9)3-7(8(6)12)10(13)14;1-5(10)6-3-2-4-7(8(6)11)9(12)13;1-5(10)6-3-2-4-7(9)8(6)11;1-9-7-4-2-6(8)3-5-7;1-3(5)7-4(2)6;1-2(3)4;;;;;;;;;;;;2-1(3)4/h3-4,15H,1-2H3,(H,11,14);3-5,14H,1-2H3,(H,11,13);3-6H,1-2H3,(H,10,11);2-4,11H,1H3;2-3,12H,9H2,1H3;2-4,11H,1H3;2-4,11H,9H2,1H3;2-5H,8H2,1H3;1-2H3;1H3,(H,3,4);6*1H4;;4*1H;(H,2,3,4)/q;;;;;;;;;;;;;;;;+3;;;;;/p-3. The summed E-state index contributed by atoms with van der Waals surface area (Å²) in [5, 5.41) is 116. The van der Waals surface area contributed by atoms with Gasteiger partial charge in [0, 0.05) is 88.2 Å². The Hall–Kier alpha value is -13.8. The fraction of sp³-hybridized carbons (Fsp3) is 0.250. The minimum absolute atomic E-state index is 0. The van der Waals surface area contributed by atoms with Crippen LogP contribution in [-0.4, -0.2) is 157 Å². The third-order valence-corrected chi connectivity index (χ3v) is 13.2. The number of anilines is 6. The maximum absolute atomic E-state index is 11.2. The van der Waals surface area contributed by atoms with Crippen molar-refractivity contribution in [2.75, 3.05) is 47.4 Å². The summed E-state index contributed by atoms with van der Waals surface area (Å²) >= 11 is 1.39. The predicted molar refractivity (Wildman–Crippen MR) is 494 cm³/mol. The van der Waals surface area contributed by atoms with Gasteiger partial charge in [-0.1, -0.05) is 62.8 Å². The number of nitrogens with one attached hydrogen (secondary N) is 3. The highest BCUT2D eigenvalue weighted by atomic mass is 79.9. The molecule has 0 heterocycles. The Bertz CT molecular complexity index is 4740. The number of ether oxygens (including phenoxy) is 3. The number of halogens is 5. The molecule has 0 aliphatic carbocycles. The number of para-hydroxylation sites is 3. The average Bonchev–Trinajstić information content (AvgIpc) is 0.818. The van der Waals surface area contributed by atoms with Crippen LogP contribution in [0.4, 0.5) is 51.2 Å². The quantitative estimate of drug-likeness (QED) is 0.00553. The van der Waals surface area contributed by atoms with E-state index in [0.717, 1.165) is 54.9 Å². The van der Waals surface area contributed by atoms with Gasteiger partial charge in [-0.15, -0.1) is 22.5 Å². The number of Topliss-reactive ketones (excluding diaryl/α,β-unsaturated/α-hetero) is 6. The minimum atomic E-state index is -1.72. The highest BCUT2D eigenvalue weighted by Crippen LogP contribution is 2.36. The molecule has 47 heteroatoms. The number of hydrogen-bond acceptors (Lipinski definition) is 32. The summed E-state index contributed by atoms with van der Waals surface area (Å²) in [5.41, 5.74) is 17.4. The van der Waals surface area contributed by atoms with Crippen LogP contribution in [0, 0.1) is 40.5 Å². The van der Waals surface area contributed by atoms with Crippen molar-refractivity contribution in [3.63, 3.8) is 0 Å². The number of carboxylic acid groups (broad SMARTS) is 1. The highest BCUT2D eigenvalue weighted by molar-refractivity contribution is 9.10. The lowest BCUT2D eigenvalue weighted by molar-refractivity contribution is -0.742. The molecule has 0 aliphatic heterocycles. The molecule has 8 aromatic carbocycles. The zero-order chi connectivity index (χ0) is 93.9. The molecule has 0 atom stereocenters. The number of carbonyl (C=O) groups excluding carboxylic acids is 11. The normalized spacial score (nSPS) is 8.61. The van der Waals surface area contributed by atoms with Gasteiger partial charge in [0.2, 0.25) is 35.0 Å². The number of phenolic OH excluding ortho intramolecular Hbond substituents is 6. The molecule has 0 fully saturated rings. The number of aliphatic carboxylic acids is 1. The maximum Gasteiger partial charge on any atom is 0.643 e. The van der Waals surface area contributed by atoms with Gasteiger partial charge in [-0.3, -0.25) is 87.9 Å². The van der Waals surface area contributed by atoms with E-state index in [-0.39, 0.29) is 148 Å². The number of ketones is 6. The Labute approximate surface area is 764 Å². The molecule has 127 heavy (non-hydrogen) atoms. The molecule has 0 saturated carbocycles. The summed E-state index contributed by atoms with van der Waals surface area (Å²) in [7, 11) is 18.1. The zero-order valence-corrected chi connectivity index (χ0v) is 72.2. The van der Waals surface area contributed by atoms with E-state index in [1.807, 2.05) is 12.1 Å². The summed E-state index contributed by atoms with van der Waals surface area (Å²) in [4.78, 5) is 164. The van der Waals surface area contributed by atoms with E-state index in [0.29, 0.717) is 15.7 Å². The Morgan fingerprint density at radius 2 is 0.677 bits per heavy atom. The average molecular weight is 1950 g/mol. The molecule has 0 unspecified atom stereocenters. The number of hydrogen-bond donors (Lipinski definition) is 14. The molecular formula is C80H108AlBrCl4N10O31. The number of esters is 2. The third-order valence-electron chi connectivity index (χ3n) is 12.6.